The molecule has 1 rings (SSSR count). The van der Waals surface area contributed by atoms with E-state index in [-0.39, 0.29) is 23.8 Å². The molecule has 2 unspecified atom stereocenters. The van der Waals surface area contributed by atoms with Crippen LogP contribution < -0.4 is 4.74 Å². The number of benzene rings is 1. The standard InChI is InChI=1S/C21H31NO4/c1-6-14-26-19-11-9-8-10-18(19)12-13-20(23)22(17(4)7-2)15-16(3)21(24)25-5/h8-13,16-17H,6-7,14-15H2,1-5H3/b13-12+. The van der Waals surface area contributed by atoms with Crippen molar-refractivity contribution in [3.63, 3.8) is 0 Å². The molecule has 1 amide bonds. The molecule has 0 aliphatic heterocycles. The van der Waals surface area contributed by atoms with Gasteiger partial charge >= 0.3 is 5.97 Å². The number of nitrogens with zero attached hydrogens (tertiary/aromatic N) is 1. The number of ether oxygens (including phenoxy) is 2. The van der Waals surface area contributed by atoms with Gasteiger partial charge in [0.25, 0.3) is 0 Å². The summed E-state index contributed by atoms with van der Waals surface area (Å²) in [6.07, 6.45) is 5.05. The predicted molar refractivity (Wildman–Crippen MR) is 104 cm³/mol. The molecule has 0 saturated carbocycles. The van der Waals surface area contributed by atoms with Crippen LogP contribution >= 0.6 is 0 Å². The Morgan fingerprint density at radius 3 is 2.50 bits per heavy atom. The van der Waals surface area contributed by atoms with Crippen LogP contribution in [0, 0.1) is 5.92 Å². The average Bonchev–Trinajstić information content (AvgIpc) is 2.67. The van der Waals surface area contributed by atoms with Crippen LogP contribution in [0.1, 0.15) is 46.1 Å². The highest BCUT2D eigenvalue weighted by Crippen LogP contribution is 2.20. The van der Waals surface area contributed by atoms with E-state index in [0.29, 0.717) is 13.2 Å². The smallest absolute Gasteiger partial charge is 0.310 e. The second-order valence-electron chi connectivity index (χ2n) is 6.39. The van der Waals surface area contributed by atoms with Gasteiger partial charge in [0.15, 0.2) is 0 Å². The van der Waals surface area contributed by atoms with Crippen molar-refractivity contribution >= 4 is 18.0 Å². The quantitative estimate of drug-likeness (QED) is 0.468. The molecular formula is C21H31NO4. The zero-order chi connectivity index (χ0) is 19.5. The van der Waals surface area contributed by atoms with Crippen LogP contribution in [0.4, 0.5) is 0 Å². The number of para-hydroxylation sites is 1. The van der Waals surface area contributed by atoms with E-state index >= 15 is 0 Å². The molecule has 0 aliphatic carbocycles. The number of carbonyl (C=O) groups is 2. The Balaban J connectivity index is 2.92. The molecule has 5 nitrogen and oxygen atoms in total. The van der Waals surface area contributed by atoms with Crippen LogP contribution in [0.3, 0.4) is 0 Å². The van der Waals surface area contributed by atoms with E-state index < -0.39 is 0 Å². The monoisotopic (exact) mass is 361 g/mol. The number of methoxy groups -OCH3 is 1. The Bertz CT molecular complexity index is 612. The minimum atomic E-state index is -0.369. The van der Waals surface area contributed by atoms with Gasteiger partial charge in [-0.2, -0.15) is 0 Å². The maximum atomic E-state index is 12.7. The highest BCUT2D eigenvalue weighted by molar-refractivity contribution is 5.92. The summed E-state index contributed by atoms with van der Waals surface area (Å²) in [5.41, 5.74) is 0.861. The third-order valence-corrected chi connectivity index (χ3v) is 4.27. The molecule has 0 heterocycles. The maximum Gasteiger partial charge on any atom is 0.310 e. The number of hydrogen-bond donors (Lipinski definition) is 0. The van der Waals surface area contributed by atoms with Gasteiger partial charge in [-0.25, -0.2) is 0 Å². The van der Waals surface area contributed by atoms with Gasteiger partial charge in [-0.05, 0) is 31.9 Å². The van der Waals surface area contributed by atoms with Crippen molar-refractivity contribution < 1.29 is 19.1 Å². The Morgan fingerprint density at radius 1 is 1.19 bits per heavy atom. The molecule has 0 saturated heterocycles. The molecule has 0 bridgehead atoms. The van der Waals surface area contributed by atoms with Crippen molar-refractivity contribution in [3.8, 4) is 5.75 Å². The van der Waals surface area contributed by atoms with Crippen LogP contribution in [0.5, 0.6) is 5.75 Å². The topological polar surface area (TPSA) is 55.8 Å². The van der Waals surface area contributed by atoms with Crippen molar-refractivity contribution in [3.05, 3.63) is 35.9 Å². The fourth-order valence-corrected chi connectivity index (χ4v) is 2.50. The summed E-state index contributed by atoms with van der Waals surface area (Å²) in [6.45, 7) is 8.78. The first-order chi connectivity index (χ1) is 12.4. The first kappa shape index (κ1) is 21.7. The van der Waals surface area contributed by atoms with E-state index in [4.69, 9.17) is 9.47 Å². The van der Waals surface area contributed by atoms with Crippen LogP contribution in [0.15, 0.2) is 30.3 Å². The molecule has 26 heavy (non-hydrogen) atoms. The van der Waals surface area contributed by atoms with Crippen molar-refractivity contribution in [2.45, 2.75) is 46.6 Å². The van der Waals surface area contributed by atoms with Crippen LogP contribution in [-0.4, -0.2) is 43.1 Å². The van der Waals surface area contributed by atoms with Crippen LogP contribution in [-0.2, 0) is 14.3 Å². The van der Waals surface area contributed by atoms with Gasteiger partial charge in [0, 0.05) is 24.2 Å². The largest absolute Gasteiger partial charge is 0.493 e. The van der Waals surface area contributed by atoms with Gasteiger partial charge in [-0.3, -0.25) is 9.59 Å². The summed E-state index contributed by atoms with van der Waals surface area (Å²) in [7, 11) is 1.36. The Hall–Kier alpha value is -2.30. The molecule has 0 radical (unpaired) electrons. The number of rotatable bonds is 10. The van der Waals surface area contributed by atoms with Crippen LogP contribution in [0.25, 0.3) is 6.08 Å². The van der Waals surface area contributed by atoms with Gasteiger partial charge < -0.3 is 14.4 Å². The summed E-state index contributed by atoms with van der Waals surface area (Å²) in [4.78, 5) is 26.2. The summed E-state index contributed by atoms with van der Waals surface area (Å²) in [5, 5.41) is 0. The molecule has 144 valence electrons. The Morgan fingerprint density at radius 2 is 1.88 bits per heavy atom. The second kappa shape index (κ2) is 11.3. The summed E-state index contributed by atoms with van der Waals surface area (Å²) in [6, 6.07) is 7.67. The lowest BCUT2D eigenvalue weighted by atomic mass is 10.1. The van der Waals surface area contributed by atoms with E-state index in [0.717, 1.165) is 24.2 Å². The van der Waals surface area contributed by atoms with Gasteiger partial charge in [0.2, 0.25) is 5.91 Å². The summed E-state index contributed by atoms with van der Waals surface area (Å²) < 4.78 is 10.5. The molecular weight excluding hydrogens is 330 g/mol. The Kier molecular flexibility index (Phi) is 9.48. The minimum absolute atomic E-state index is 0.0332. The molecule has 0 fully saturated rings. The molecule has 1 aromatic rings. The first-order valence-corrected chi connectivity index (χ1v) is 9.22. The van der Waals surface area contributed by atoms with Crippen molar-refractivity contribution in [2.75, 3.05) is 20.3 Å². The SMILES string of the molecule is CCCOc1ccccc1/C=C/C(=O)N(CC(C)C(=O)OC)C(C)CC. The third kappa shape index (κ3) is 6.54. The van der Waals surface area contributed by atoms with E-state index in [1.165, 1.54) is 7.11 Å². The number of carbonyl (C=O) groups excluding carboxylic acids is 2. The molecule has 0 aliphatic rings. The molecule has 2 atom stereocenters. The predicted octanol–water partition coefficient (Wildman–Crippen LogP) is 3.92. The lowest BCUT2D eigenvalue weighted by Crippen LogP contribution is -2.42. The number of esters is 1. The zero-order valence-corrected chi connectivity index (χ0v) is 16.5. The fourth-order valence-electron chi connectivity index (χ4n) is 2.50. The normalized spacial score (nSPS) is 13.3. The van der Waals surface area contributed by atoms with Crippen molar-refractivity contribution in [2.24, 2.45) is 5.92 Å². The minimum Gasteiger partial charge on any atom is -0.493 e. The molecule has 0 aromatic heterocycles. The van der Waals surface area contributed by atoms with E-state index in [2.05, 4.69) is 6.92 Å². The number of amides is 1. The lowest BCUT2D eigenvalue weighted by Gasteiger charge is -2.29. The first-order valence-electron chi connectivity index (χ1n) is 9.22. The van der Waals surface area contributed by atoms with E-state index in [1.54, 1.807) is 24.0 Å². The van der Waals surface area contributed by atoms with Gasteiger partial charge in [-0.1, -0.05) is 39.0 Å². The fraction of sp³-hybridized carbons (Fsp3) is 0.524. The maximum absolute atomic E-state index is 12.7. The Labute approximate surface area is 157 Å². The molecule has 0 N–H and O–H groups in total. The van der Waals surface area contributed by atoms with Crippen LogP contribution in [0.2, 0.25) is 0 Å². The molecule has 1 aromatic carbocycles. The highest BCUT2D eigenvalue weighted by atomic mass is 16.5. The zero-order valence-electron chi connectivity index (χ0n) is 16.5. The molecule has 0 spiro atoms. The third-order valence-electron chi connectivity index (χ3n) is 4.27. The van der Waals surface area contributed by atoms with Gasteiger partial charge in [0.1, 0.15) is 5.75 Å². The van der Waals surface area contributed by atoms with Crippen molar-refractivity contribution in [1.29, 1.82) is 0 Å². The highest BCUT2D eigenvalue weighted by Gasteiger charge is 2.23. The van der Waals surface area contributed by atoms with Gasteiger partial charge in [0.05, 0.1) is 19.6 Å². The van der Waals surface area contributed by atoms with Crippen molar-refractivity contribution in [1.82, 2.24) is 4.90 Å². The lowest BCUT2D eigenvalue weighted by molar-refractivity contribution is -0.146. The second-order valence-corrected chi connectivity index (χ2v) is 6.39. The average molecular weight is 361 g/mol. The summed E-state index contributed by atoms with van der Waals surface area (Å²) >= 11 is 0. The number of hydrogen-bond acceptors (Lipinski definition) is 4. The summed E-state index contributed by atoms with van der Waals surface area (Å²) in [5.74, 6) is -0.0447. The van der Waals surface area contributed by atoms with Gasteiger partial charge in [-0.15, -0.1) is 0 Å². The molecule has 5 heteroatoms. The van der Waals surface area contributed by atoms with E-state index in [9.17, 15) is 9.59 Å². The van der Waals surface area contributed by atoms with E-state index in [1.807, 2.05) is 38.1 Å².